The molecule has 2 aromatic rings. The van der Waals surface area contributed by atoms with E-state index in [0.29, 0.717) is 11.4 Å². The van der Waals surface area contributed by atoms with Gasteiger partial charge in [-0.3, -0.25) is 0 Å². The van der Waals surface area contributed by atoms with Crippen LogP contribution in [0, 0.1) is 0 Å². The average molecular weight is 443 g/mol. The van der Waals surface area contributed by atoms with Crippen LogP contribution >= 0.6 is 15.9 Å². The Morgan fingerprint density at radius 2 is 1.50 bits per heavy atom. The minimum atomic E-state index is -3.52. The standard InChI is InChI=1S/C19H27BrN2O3S/c20-18-10-5-9-17-16(18)8-6-11-19(17)26(24,25)22-14-4-2-1-3-12-21-13-7-15-23/h5-6,8-11,21-23H,1-4,7,12-15H2. The maximum atomic E-state index is 12.6. The molecule has 2 rings (SSSR count). The molecule has 0 aliphatic heterocycles. The van der Waals surface area contributed by atoms with E-state index in [4.69, 9.17) is 5.11 Å². The Bertz CT molecular complexity index is 796. The maximum Gasteiger partial charge on any atom is 0.241 e. The zero-order chi connectivity index (χ0) is 18.8. The third-order valence-electron chi connectivity index (χ3n) is 4.20. The Labute approximate surface area is 164 Å². The summed E-state index contributed by atoms with van der Waals surface area (Å²) in [7, 11) is -3.52. The highest BCUT2D eigenvalue weighted by Crippen LogP contribution is 2.28. The van der Waals surface area contributed by atoms with E-state index >= 15 is 0 Å². The van der Waals surface area contributed by atoms with Gasteiger partial charge in [-0.2, -0.15) is 0 Å². The number of fused-ring (bicyclic) bond motifs is 1. The summed E-state index contributed by atoms with van der Waals surface area (Å²) in [6, 6.07) is 10.9. The number of halogens is 1. The van der Waals surface area contributed by atoms with E-state index in [2.05, 4.69) is 26.0 Å². The van der Waals surface area contributed by atoms with Crippen LogP contribution in [0.1, 0.15) is 32.1 Å². The normalized spacial score (nSPS) is 11.9. The van der Waals surface area contributed by atoms with Crippen LogP contribution in [0.4, 0.5) is 0 Å². The van der Waals surface area contributed by atoms with Gasteiger partial charge in [-0.25, -0.2) is 13.1 Å². The van der Waals surface area contributed by atoms with Gasteiger partial charge in [0.2, 0.25) is 10.0 Å². The lowest BCUT2D eigenvalue weighted by molar-refractivity contribution is 0.286. The van der Waals surface area contributed by atoms with Crippen molar-refractivity contribution in [2.45, 2.75) is 37.0 Å². The largest absolute Gasteiger partial charge is 0.396 e. The summed E-state index contributed by atoms with van der Waals surface area (Å²) in [6.07, 6.45) is 4.73. The fourth-order valence-electron chi connectivity index (χ4n) is 2.82. The van der Waals surface area contributed by atoms with Crippen LogP contribution in [0.5, 0.6) is 0 Å². The van der Waals surface area contributed by atoms with Gasteiger partial charge in [-0.1, -0.05) is 53.0 Å². The van der Waals surface area contributed by atoms with Gasteiger partial charge < -0.3 is 10.4 Å². The first-order valence-corrected chi connectivity index (χ1v) is 11.3. The van der Waals surface area contributed by atoms with Crippen molar-refractivity contribution in [2.75, 3.05) is 26.2 Å². The second kappa shape index (κ2) is 11.0. The van der Waals surface area contributed by atoms with E-state index in [1.165, 1.54) is 0 Å². The predicted octanol–water partition coefficient (Wildman–Crippen LogP) is 3.41. The molecular formula is C19H27BrN2O3S. The molecule has 2 aromatic carbocycles. The van der Waals surface area contributed by atoms with Crippen molar-refractivity contribution in [1.29, 1.82) is 0 Å². The van der Waals surface area contributed by atoms with Crippen LogP contribution in [0.15, 0.2) is 45.8 Å². The first-order valence-electron chi connectivity index (χ1n) is 9.05. The van der Waals surface area contributed by atoms with Crippen LogP contribution in [0.3, 0.4) is 0 Å². The lowest BCUT2D eigenvalue weighted by Crippen LogP contribution is -2.25. The molecule has 0 radical (unpaired) electrons. The molecule has 3 N–H and O–H groups in total. The molecule has 0 unspecified atom stereocenters. The molecule has 7 heteroatoms. The van der Waals surface area contributed by atoms with Crippen molar-refractivity contribution in [3.8, 4) is 0 Å². The number of rotatable bonds is 12. The molecule has 0 aliphatic rings. The Kier molecular flexibility index (Phi) is 9.01. The molecule has 0 fully saturated rings. The molecule has 0 aliphatic carbocycles. The summed E-state index contributed by atoms with van der Waals surface area (Å²) in [5, 5.41) is 13.6. The first kappa shape index (κ1) is 21.3. The molecule has 0 saturated carbocycles. The van der Waals surface area contributed by atoms with E-state index in [-0.39, 0.29) is 6.61 Å². The minimum absolute atomic E-state index is 0.223. The fraction of sp³-hybridized carbons (Fsp3) is 0.474. The summed E-state index contributed by atoms with van der Waals surface area (Å²) >= 11 is 3.47. The second-order valence-electron chi connectivity index (χ2n) is 6.23. The molecular weight excluding hydrogens is 416 g/mol. The van der Waals surface area contributed by atoms with Crippen LogP contribution in [-0.2, 0) is 10.0 Å². The number of aliphatic hydroxyl groups is 1. The van der Waals surface area contributed by atoms with Gasteiger partial charge in [0.05, 0.1) is 4.90 Å². The Morgan fingerprint density at radius 3 is 2.27 bits per heavy atom. The van der Waals surface area contributed by atoms with E-state index in [0.717, 1.165) is 60.4 Å². The molecule has 0 heterocycles. The maximum absolute atomic E-state index is 12.6. The van der Waals surface area contributed by atoms with E-state index in [1.54, 1.807) is 12.1 Å². The van der Waals surface area contributed by atoms with Crippen LogP contribution < -0.4 is 10.0 Å². The van der Waals surface area contributed by atoms with Crippen molar-refractivity contribution < 1.29 is 13.5 Å². The molecule has 5 nitrogen and oxygen atoms in total. The molecule has 0 aromatic heterocycles. The lowest BCUT2D eigenvalue weighted by Gasteiger charge is -2.10. The number of aliphatic hydroxyl groups excluding tert-OH is 1. The Hall–Kier alpha value is -0.990. The highest BCUT2D eigenvalue weighted by Gasteiger charge is 2.17. The molecule has 0 atom stereocenters. The molecule has 144 valence electrons. The van der Waals surface area contributed by atoms with Crippen LogP contribution in [-0.4, -0.2) is 39.8 Å². The molecule has 0 bridgehead atoms. The quantitative estimate of drug-likeness (QED) is 0.440. The zero-order valence-corrected chi connectivity index (χ0v) is 17.3. The summed E-state index contributed by atoms with van der Waals surface area (Å²) in [6.45, 7) is 2.46. The van der Waals surface area contributed by atoms with Gasteiger partial charge in [0.1, 0.15) is 0 Å². The molecule has 0 saturated heterocycles. The van der Waals surface area contributed by atoms with E-state index in [9.17, 15) is 8.42 Å². The average Bonchev–Trinajstić information content (AvgIpc) is 2.63. The first-order chi connectivity index (χ1) is 12.6. The van der Waals surface area contributed by atoms with Gasteiger partial charge in [0.25, 0.3) is 0 Å². The number of hydrogen-bond donors (Lipinski definition) is 3. The third kappa shape index (κ3) is 6.32. The number of nitrogens with one attached hydrogen (secondary N) is 2. The number of unbranched alkanes of at least 4 members (excludes halogenated alkanes) is 3. The summed E-state index contributed by atoms with van der Waals surface area (Å²) in [5.74, 6) is 0. The van der Waals surface area contributed by atoms with Crippen molar-refractivity contribution in [3.63, 3.8) is 0 Å². The fourth-order valence-corrected chi connectivity index (χ4v) is 4.61. The number of hydrogen-bond acceptors (Lipinski definition) is 4. The Balaban J connectivity index is 1.79. The molecule has 26 heavy (non-hydrogen) atoms. The third-order valence-corrected chi connectivity index (χ3v) is 6.41. The summed E-state index contributed by atoms with van der Waals surface area (Å²) in [5.41, 5.74) is 0. The highest BCUT2D eigenvalue weighted by molar-refractivity contribution is 9.10. The lowest BCUT2D eigenvalue weighted by atomic mass is 10.1. The smallest absolute Gasteiger partial charge is 0.241 e. The van der Waals surface area contributed by atoms with Gasteiger partial charge in [0, 0.05) is 23.0 Å². The number of benzene rings is 2. The highest BCUT2D eigenvalue weighted by atomic mass is 79.9. The van der Waals surface area contributed by atoms with Gasteiger partial charge >= 0.3 is 0 Å². The van der Waals surface area contributed by atoms with Crippen molar-refractivity contribution in [1.82, 2.24) is 10.0 Å². The summed E-state index contributed by atoms with van der Waals surface area (Å²) < 4.78 is 28.9. The molecule has 0 amide bonds. The topological polar surface area (TPSA) is 78.4 Å². The van der Waals surface area contributed by atoms with Crippen LogP contribution in [0.25, 0.3) is 10.8 Å². The molecule has 0 spiro atoms. The minimum Gasteiger partial charge on any atom is -0.396 e. The van der Waals surface area contributed by atoms with Gasteiger partial charge in [0.15, 0.2) is 0 Å². The van der Waals surface area contributed by atoms with Crippen LogP contribution in [0.2, 0.25) is 0 Å². The van der Waals surface area contributed by atoms with Crippen molar-refractivity contribution in [3.05, 3.63) is 40.9 Å². The predicted molar refractivity (Wildman–Crippen MR) is 110 cm³/mol. The monoisotopic (exact) mass is 442 g/mol. The van der Waals surface area contributed by atoms with Gasteiger partial charge in [-0.05, 0) is 49.9 Å². The summed E-state index contributed by atoms with van der Waals surface area (Å²) in [4.78, 5) is 0.324. The van der Waals surface area contributed by atoms with E-state index in [1.807, 2.05) is 24.3 Å². The van der Waals surface area contributed by atoms with E-state index < -0.39 is 10.0 Å². The van der Waals surface area contributed by atoms with Crippen molar-refractivity contribution in [2.24, 2.45) is 0 Å². The van der Waals surface area contributed by atoms with Gasteiger partial charge in [-0.15, -0.1) is 0 Å². The zero-order valence-electron chi connectivity index (χ0n) is 14.9. The van der Waals surface area contributed by atoms with Crippen molar-refractivity contribution >= 4 is 36.7 Å². The number of sulfonamides is 1. The SMILES string of the molecule is O=S(=O)(NCCCCCCNCCCO)c1cccc2c(Br)cccc12. The second-order valence-corrected chi connectivity index (χ2v) is 8.82. The Morgan fingerprint density at radius 1 is 0.846 bits per heavy atom.